The van der Waals surface area contributed by atoms with Crippen LogP contribution in [0.1, 0.15) is 19.4 Å². The Morgan fingerprint density at radius 3 is 2.76 bits per heavy atom. The quantitative estimate of drug-likeness (QED) is 0.301. The number of ether oxygens (including phenoxy) is 2. The summed E-state index contributed by atoms with van der Waals surface area (Å²) in [6.45, 7) is 1.82. The highest BCUT2D eigenvalue weighted by Crippen LogP contribution is 2.38. The average Bonchev–Trinajstić information content (AvgIpc) is 3.48. The van der Waals surface area contributed by atoms with Gasteiger partial charge in [-0.05, 0) is 31.2 Å². The van der Waals surface area contributed by atoms with Crippen LogP contribution in [-0.2, 0) is 24.2 Å². The van der Waals surface area contributed by atoms with Crippen LogP contribution in [0.15, 0.2) is 63.1 Å². The third-order valence-corrected chi connectivity index (χ3v) is 6.72. The molecule has 3 heterocycles. The zero-order chi connectivity index (χ0) is 27.6. The minimum atomic E-state index is -3.76. The first kappa shape index (κ1) is 26.7. The number of nitrogens with zero attached hydrogens (tertiary/aromatic N) is 5. The second-order valence-corrected chi connectivity index (χ2v) is 10.2. The van der Waals surface area contributed by atoms with Gasteiger partial charge in [-0.3, -0.25) is 9.48 Å². The molecule has 12 nitrogen and oxygen atoms in total. The summed E-state index contributed by atoms with van der Waals surface area (Å²) in [6.07, 6.45) is 7.13. The number of benzene rings is 1. The predicted molar refractivity (Wildman–Crippen MR) is 132 cm³/mol. The first-order valence-electron chi connectivity index (χ1n) is 11.0. The number of aliphatic imine (C=N–C) groups is 1. The summed E-state index contributed by atoms with van der Waals surface area (Å²) in [5.41, 5.74) is -0.145. The molecule has 0 spiro atoms. The lowest BCUT2D eigenvalue weighted by Gasteiger charge is -2.18. The van der Waals surface area contributed by atoms with Gasteiger partial charge in [-0.1, -0.05) is 0 Å². The Morgan fingerprint density at radius 2 is 2.13 bits per heavy atom. The van der Waals surface area contributed by atoms with Crippen molar-refractivity contribution in [2.45, 2.75) is 30.9 Å². The van der Waals surface area contributed by atoms with E-state index in [1.54, 1.807) is 6.08 Å². The predicted octanol–water partition coefficient (Wildman–Crippen LogP) is 2.73. The lowest BCUT2D eigenvalue weighted by Crippen LogP contribution is -2.20. The summed E-state index contributed by atoms with van der Waals surface area (Å²) in [5, 5.41) is 12.0. The van der Waals surface area contributed by atoms with Crippen LogP contribution in [0.4, 0.5) is 14.5 Å². The third-order valence-electron chi connectivity index (χ3n) is 5.61. The topological polar surface area (TPSA) is 145 Å². The van der Waals surface area contributed by atoms with Gasteiger partial charge in [0.15, 0.2) is 21.7 Å². The van der Waals surface area contributed by atoms with Crippen molar-refractivity contribution < 1.29 is 36.3 Å². The molecule has 1 fully saturated rings. The molecule has 0 saturated carbocycles. The number of hydrazone groups is 1. The summed E-state index contributed by atoms with van der Waals surface area (Å²) >= 11 is 0. The van der Waals surface area contributed by atoms with E-state index in [9.17, 15) is 26.8 Å². The molecule has 15 heteroatoms. The van der Waals surface area contributed by atoms with Gasteiger partial charge in [0.25, 0.3) is 5.91 Å². The Balaban J connectivity index is 1.85. The molecule has 2 aliphatic heterocycles. The van der Waals surface area contributed by atoms with Crippen LogP contribution in [0.3, 0.4) is 0 Å². The number of alkyl halides is 2. The molecule has 1 aromatic heterocycles. The Labute approximate surface area is 215 Å². The summed E-state index contributed by atoms with van der Waals surface area (Å²) < 4.78 is 61.6. The minimum Gasteiger partial charge on any atom is -0.464 e. The number of hydrogen-bond donors (Lipinski definition) is 1. The molecule has 1 atom stereocenters. The van der Waals surface area contributed by atoms with Crippen LogP contribution in [0.2, 0.25) is 0 Å². The van der Waals surface area contributed by atoms with E-state index in [1.807, 2.05) is 0 Å². The van der Waals surface area contributed by atoms with E-state index in [2.05, 4.69) is 32.0 Å². The van der Waals surface area contributed by atoms with Gasteiger partial charge in [0, 0.05) is 37.4 Å². The van der Waals surface area contributed by atoms with Gasteiger partial charge in [-0.2, -0.15) is 19.0 Å². The molecule has 0 unspecified atom stereocenters. The summed E-state index contributed by atoms with van der Waals surface area (Å²) in [5.74, 6) is -1.44. The van der Waals surface area contributed by atoms with Gasteiger partial charge in [0.2, 0.25) is 0 Å². The first-order valence-corrected chi connectivity index (χ1v) is 12.9. The molecule has 0 bridgehead atoms. The van der Waals surface area contributed by atoms with E-state index in [0.717, 1.165) is 24.5 Å². The third kappa shape index (κ3) is 5.46. The van der Waals surface area contributed by atoms with E-state index in [1.165, 1.54) is 35.2 Å². The molecule has 200 valence electrons. The molecule has 1 N–H and O–H groups in total. The van der Waals surface area contributed by atoms with Crippen LogP contribution in [0.5, 0.6) is 5.75 Å². The molecule has 1 saturated heterocycles. The number of carbonyl (C=O) groups is 2. The highest BCUT2D eigenvalue weighted by atomic mass is 32.2. The molecular formula is C23H22F2N6O6S. The van der Waals surface area contributed by atoms with E-state index in [-0.39, 0.29) is 52.0 Å². The number of halogens is 2. The van der Waals surface area contributed by atoms with Gasteiger partial charge in [0.05, 0.1) is 29.0 Å². The maximum absolute atomic E-state index is 13.2. The number of carbonyl (C=O) groups excluding carboxylic acids is 2. The zero-order valence-corrected chi connectivity index (χ0v) is 21.0. The summed E-state index contributed by atoms with van der Waals surface area (Å²) in [4.78, 5) is 29.4. The average molecular weight is 549 g/mol. The molecular weight excluding hydrogens is 526 g/mol. The Kier molecular flexibility index (Phi) is 7.39. The van der Waals surface area contributed by atoms with E-state index < -0.39 is 34.4 Å². The number of rotatable bonds is 8. The smallest absolute Gasteiger partial charge is 0.387 e. The zero-order valence-electron chi connectivity index (χ0n) is 20.2. The fraction of sp³-hybridized carbons (Fsp3) is 0.261. The number of esters is 1. The van der Waals surface area contributed by atoms with Crippen LogP contribution in [-0.4, -0.2) is 67.5 Å². The normalized spacial score (nSPS) is 18.5. The number of amides is 1. The van der Waals surface area contributed by atoms with Crippen molar-refractivity contribution in [3.05, 3.63) is 48.1 Å². The molecule has 1 amide bonds. The SMILES string of the molecule is C=NN1C=CC=N/C1=C(/C)C(=O)Nc1cn([C@H]2CCOC2=O)nc1-c1cc(S(C)(=O)=O)ccc1OC(F)F. The van der Waals surface area contributed by atoms with Crippen LogP contribution in [0, 0.1) is 0 Å². The molecule has 1 aromatic carbocycles. The highest BCUT2D eigenvalue weighted by Gasteiger charge is 2.31. The Hall–Kier alpha value is -4.40. The number of aromatic nitrogens is 2. The number of cyclic esters (lactones) is 1. The molecule has 38 heavy (non-hydrogen) atoms. The number of anilines is 1. The van der Waals surface area contributed by atoms with Crippen molar-refractivity contribution in [2.24, 2.45) is 10.1 Å². The largest absolute Gasteiger partial charge is 0.464 e. The van der Waals surface area contributed by atoms with Crippen LogP contribution in [0.25, 0.3) is 11.3 Å². The molecule has 2 aromatic rings. The fourth-order valence-electron chi connectivity index (χ4n) is 3.75. The molecule has 2 aliphatic rings. The monoisotopic (exact) mass is 548 g/mol. The van der Waals surface area contributed by atoms with E-state index in [4.69, 9.17) is 4.74 Å². The van der Waals surface area contributed by atoms with E-state index in [0.29, 0.717) is 0 Å². The number of hydrogen-bond acceptors (Lipinski definition) is 10. The molecule has 0 aliphatic carbocycles. The van der Waals surface area contributed by atoms with Gasteiger partial charge >= 0.3 is 12.6 Å². The first-order chi connectivity index (χ1) is 18.0. The van der Waals surface area contributed by atoms with Crippen molar-refractivity contribution in [3.8, 4) is 17.0 Å². The van der Waals surface area contributed by atoms with Crippen molar-refractivity contribution in [3.63, 3.8) is 0 Å². The van der Waals surface area contributed by atoms with Gasteiger partial charge < -0.3 is 14.8 Å². The minimum absolute atomic E-state index is 0.00661. The van der Waals surface area contributed by atoms with Crippen molar-refractivity contribution >= 4 is 40.3 Å². The van der Waals surface area contributed by atoms with Crippen molar-refractivity contribution in [2.75, 3.05) is 18.2 Å². The van der Waals surface area contributed by atoms with E-state index >= 15 is 0 Å². The van der Waals surface area contributed by atoms with Crippen LogP contribution >= 0.6 is 0 Å². The lowest BCUT2D eigenvalue weighted by molar-refractivity contribution is -0.140. The fourth-order valence-corrected chi connectivity index (χ4v) is 4.40. The molecule has 4 rings (SSSR count). The Bertz CT molecular complexity index is 1500. The maximum atomic E-state index is 13.2. The Morgan fingerprint density at radius 1 is 1.37 bits per heavy atom. The number of sulfone groups is 1. The summed E-state index contributed by atoms with van der Waals surface area (Å²) in [6, 6.07) is 2.44. The van der Waals surface area contributed by atoms with Gasteiger partial charge in [-0.25, -0.2) is 23.2 Å². The van der Waals surface area contributed by atoms with Crippen molar-refractivity contribution in [1.29, 1.82) is 0 Å². The van der Waals surface area contributed by atoms with Gasteiger partial charge in [0.1, 0.15) is 11.4 Å². The number of allylic oxidation sites excluding steroid dienone is 1. The second kappa shape index (κ2) is 10.5. The maximum Gasteiger partial charge on any atom is 0.387 e. The summed E-state index contributed by atoms with van der Waals surface area (Å²) in [7, 11) is -3.76. The molecule has 0 radical (unpaired) electrons. The second-order valence-electron chi connectivity index (χ2n) is 8.16. The lowest BCUT2D eigenvalue weighted by atomic mass is 10.1. The van der Waals surface area contributed by atoms with Crippen LogP contribution < -0.4 is 10.1 Å². The van der Waals surface area contributed by atoms with Crippen molar-refractivity contribution in [1.82, 2.24) is 14.8 Å². The van der Waals surface area contributed by atoms with Gasteiger partial charge in [-0.15, -0.1) is 0 Å². The number of nitrogens with one attached hydrogen (secondary N) is 1. The highest BCUT2D eigenvalue weighted by molar-refractivity contribution is 7.90. The standard InChI is InChI=1S/C23H22F2N6O6S/c1-13(20-27-8-4-9-30(20)26-2)21(32)28-16-12-31(17-7-10-36-22(17)33)29-19(16)15-11-14(38(3,34)35)5-6-18(15)37-23(24)25/h4-6,8-9,11-12,17,23H,2,7,10H2,1,3H3,(H,28,32)/b20-13+/t17-/m0/s1.